The van der Waals surface area contributed by atoms with E-state index in [2.05, 4.69) is 25.9 Å². The number of hydrogen-bond acceptors (Lipinski definition) is 3. The summed E-state index contributed by atoms with van der Waals surface area (Å²) in [6.07, 6.45) is 4.19. The van der Waals surface area contributed by atoms with Gasteiger partial charge in [0, 0.05) is 12.6 Å². The van der Waals surface area contributed by atoms with Crippen LogP contribution < -0.4 is 0 Å². The second kappa shape index (κ2) is 4.52. The molecule has 4 heteroatoms. The highest BCUT2D eigenvalue weighted by Gasteiger charge is 2.06. The Morgan fingerprint density at radius 3 is 3.00 bits per heavy atom. The lowest BCUT2D eigenvalue weighted by molar-refractivity contribution is 0.169. The predicted molar refractivity (Wildman–Crippen MR) is 49.7 cm³/mol. The van der Waals surface area contributed by atoms with E-state index in [1.54, 1.807) is 6.20 Å². The maximum Gasteiger partial charge on any atom is 0.115 e. The second-order valence-electron chi connectivity index (χ2n) is 2.58. The van der Waals surface area contributed by atoms with E-state index in [0.29, 0.717) is 6.42 Å². The van der Waals surface area contributed by atoms with E-state index in [-0.39, 0.29) is 6.10 Å². The molecule has 1 aromatic heterocycles. The minimum atomic E-state index is -0.309. The van der Waals surface area contributed by atoms with Crippen molar-refractivity contribution in [3.8, 4) is 0 Å². The van der Waals surface area contributed by atoms with Crippen molar-refractivity contribution < 1.29 is 5.11 Å². The zero-order chi connectivity index (χ0) is 8.97. The Morgan fingerprint density at radius 1 is 1.67 bits per heavy atom. The van der Waals surface area contributed by atoms with E-state index >= 15 is 0 Å². The maximum atomic E-state index is 9.35. The zero-order valence-electron chi connectivity index (χ0n) is 6.87. The number of aliphatic hydroxyl groups excluding tert-OH is 1. The molecular formula is C8H11BrN2O. The van der Waals surface area contributed by atoms with Gasteiger partial charge in [-0.15, -0.1) is 0 Å². The van der Waals surface area contributed by atoms with Crippen LogP contribution in [0.5, 0.6) is 0 Å². The molecular weight excluding hydrogens is 220 g/mol. The molecule has 1 atom stereocenters. The molecule has 66 valence electrons. The fourth-order valence-electron chi connectivity index (χ4n) is 0.856. The van der Waals surface area contributed by atoms with E-state index in [1.807, 2.05) is 6.92 Å². The smallest absolute Gasteiger partial charge is 0.115 e. The molecule has 0 aliphatic heterocycles. The van der Waals surface area contributed by atoms with Gasteiger partial charge in [-0.05, 0) is 22.4 Å². The van der Waals surface area contributed by atoms with Gasteiger partial charge in [0.1, 0.15) is 6.33 Å². The molecule has 0 saturated carbocycles. The Kier molecular flexibility index (Phi) is 3.62. The average Bonchev–Trinajstić information content (AvgIpc) is 2.09. The van der Waals surface area contributed by atoms with Crippen molar-refractivity contribution in [1.29, 1.82) is 0 Å². The van der Waals surface area contributed by atoms with Crippen molar-refractivity contribution >= 4 is 15.9 Å². The summed E-state index contributed by atoms with van der Waals surface area (Å²) >= 11 is 3.32. The van der Waals surface area contributed by atoms with Crippen molar-refractivity contribution in [3.05, 3.63) is 22.7 Å². The summed E-state index contributed by atoms with van der Waals surface area (Å²) in [5.41, 5.74) is 0.861. The first kappa shape index (κ1) is 9.61. The molecule has 0 aliphatic rings. The van der Waals surface area contributed by atoms with Gasteiger partial charge in [0.2, 0.25) is 0 Å². The highest BCUT2D eigenvalue weighted by Crippen LogP contribution is 2.14. The average molecular weight is 231 g/mol. The molecule has 0 spiro atoms. The SMILES string of the molecule is CCC(O)Cc1ncncc1Br. The molecule has 1 heterocycles. The normalized spacial score (nSPS) is 12.9. The van der Waals surface area contributed by atoms with E-state index in [1.165, 1.54) is 6.33 Å². The third kappa shape index (κ3) is 2.53. The van der Waals surface area contributed by atoms with Crippen molar-refractivity contribution in [1.82, 2.24) is 9.97 Å². The van der Waals surface area contributed by atoms with E-state index < -0.39 is 0 Å². The molecule has 0 aromatic carbocycles. The molecule has 0 radical (unpaired) electrons. The molecule has 1 unspecified atom stereocenters. The topological polar surface area (TPSA) is 46.0 Å². The highest BCUT2D eigenvalue weighted by molar-refractivity contribution is 9.10. The Balaban J connectivity index is 2.69. The zero-order valence-corrected chi connectivity index (χ0v) is 8.45. The van der Waals surface area contributed by atoms with Gasteiger partial charge in [0.15, 0.2) is 0 Å². The second-order valence-corrected chi connectivity index (χ2v) is 3.44. The van der Waals surface area contributed by atoms with Crippen LogP contribution in [-0.4, -0.2) is 21.2 Å². The summed E-state index contributed by atoms with van der Waals surface area (Å²) in [5, 5.41) is 9.35. The van der Waals surface area contributed by atoms with Gasteiger partial charge >= 0.3 is 0 Å². The number of aliphatic hydroxyl groups is 1. The van der Waals surface area contributed by atoms with Crippen molar-refractivity contribution in [2.75, 3.05) is 0 Å². The number of rotatable bonds is 3. The van der Waals surface area contributed by atoms with Crippen LogP contribution >= 0.6 is 15.9 Å². The number of hydrogen-bond donors (Lipinski definition) is 1. The number of aromatic nitrogens is 2. The summed E-state index contributed by atoms with van der Waals surface area (Å²) < 4.78 is 0.859. The molecule has 0 amide bonds. The molecule has 0 saturated heterocycles. The Labute approximate surface area is 80.0 Å². The minimum absolute atomic E-state index is 0.309. The molecule has 0 bridgehead atoms. The van der Waals surface area contributed by atoms with Crippen LogP contribution in [0.15, 0.2) is 17.0 Å². The summed E-state index contributed by atoms with van der Waals surface area (Å²) in [4.78, 5) is 7.89. The van der Waals surface area contributed by atoms with Gasteiger partial charge in [-0.3, -0.25) is 0 Å². The van der Waals surface area contributed by atoms with Gasteiger partial charge < -0.3 is 5.11 Å². The molecule has 1 rings (SSSR count). The van der Waals surface area contributed by atoms with Crippen molar-refractivity contribution in [2.45, 2.75) is 25.9 Å². The molecule has 1 N–H and O–H groups in total. The fraction of sp³-hybridized carbons (Fsp3) is 0.500. The van der Waals surface area contributed by atoms with Crippen molar-refractivity contribution in [3.63, 3.8) is 0 Å². The first-order valence-corrected chi connectivity index (χ1v) is 4.65. The van der Waals surface area contributed by atoms with Crippen molar-refractivity contribution in [2.24, 2.45) is 0 Å². The first-order chi connectivity index (χ1) is 5.74. The van der Waals surface area contributed by atoms with Gasteiger partial charge in [0.25, 0.3) is 0 Å². The molecule has 0 aliphatic carbocycles. The summed E-state index contributed by atoms with van der Waals surface area (Å²) in [7, 11) is 0. The minimum Gasteiger partial charge on any atom is -0.393 e. The first-order valence-electron chi connectivity index (χ1n) is 3.86. The van der Waals surface area contributed by atoms with Crippen LogP contribution in [-0.2, 0) is 6.42 Å². The highest BCUT2D eigenvalue weighted by atomic mass is 79.9. The van der Waals surface area contributed by atoms with Crippen LogP contribution in [0.4, 0.5) is 0 Å². The predicted octanol–water partition coefficient (Wildman–Crippen LogP) is 1.55. The van der Waals surface area contributed by atoms with E-state index in [4.69, 9.17) is 0 Å². The third-order valence-corrected chi connectivity index (χ3v) is 2.31. The standard InChI is InChI=1S/C8H11BrN2O/c1-2-6(12)3-8-7(9)4-10-5-11-8/h4-6,12H,2-3H2,1H3. The van der Waals surface area contributed by atoms with Crippen LogP contribution in [0.25, 0.3) is 0 Å². The Morgan fingerprint density at radius 2 is 2.42 bits per heavy atom. The lowest BCUT2D eigenvalue weighted by Gasteiger charge is -2.07. The van der Waals surface area contributed by atoms with Crippen LogP contribution in [0.1, 0.15) is 19.0 Å². The van der Waals surface area contributed by atoms with Gasteiger partial charge in [-0.1, -0.05) is 6.92 Å². The lowest BCUT2D eigenvalue weighted by Crippen LogP contribution is -2.10. The number of nitrogens with zero attached hydrogens (tertiary/aromatic N) is 2. The molecule has 12 heavy (non-hydrogen) atoms. The van der Waals surface area contributed by atoms with Gasteiger partial charge in [0.05, 0.1) is 16.3 Å². The largest absolute Gasteiger partial charge is 0.393 e. The lowest BCUT2D eigenvalue weighted by atomic mass is 10.1. The summed E-state index contributed by atoms with van der Waals surface area (Å²) in [5.74, 6) is 0. The molecule has 1 aromatic rings. The van der Waals surface area contributed by atoms with Gasteiger partial charge in [-0.2, -0.15) is 0 Å². The maximum absolute atomic E-state index is 9.35. The fourth-order valence-corrected chi connectivity index (χ4v) is 1.24. The van der Waals surface area contributed by atoms with E-state index in [9.17, 15) is 5.11 Å². The molecule has 3 nitrogen and oxygen atoms in total. The summed E-state index contributed by atoms with van der Waals surface area (Å²) in [6, 6.07) is 0. The quantitative estimate of drug-likeness (QED) is 0.858. The van der Waals surface area contributed by atoms with Crippen LogP contribution in [0.3, 0.4) is 0 Å². The van der Waals surface area contributed by atoms with Crippen LogP contribution in [0.2, 0.25) is 0 Å². The summed E-state index contributed by atoms with van der Waals surface area (Å²) in [6.45, 7) is 1.94. The Hall–Kier alpha value is -0.480. The Bertz CT molecular complexity index is 255. The number of halogens is 1. The van der Waals surface area contributed by atoms with Gasteiger partial charge in [-0.25, -0.2) is 9.97 Å². The molecule has 0 fully saturated rings. The van der Waals surface area contributed by atoms with Crippen LogP contribution in [0, 0.1) is 0 Å². The monoisotopic (exact) mass is 230 g/mol. The third-order valence-electron chi connectivity index (χ3n) is 1.64. The van der Waals surface area contributed by atoms with E-state index in [0.717, 1.165) is 16.6 Å².